The summed E-state index contributed by atoms with van der Waals surface area (Å²) in [6, 6.07) is 0. The fourth-order valence-electron chi connectivity index (χ4n) is 1.11. The van der Waals surface area contributed by atoms with Crippen molar-refractivity contribution in [3.05, 3.63) is 0 Å². The van der Waals surface area contributed by atoms with Gasteiger partial charge in [-0.15, -0.1) is 0 Å². The van der Waals surface area contributed by atoms with Crippen LogP contribution < -0.4 is 5.73 Å². The van der Waals surface area contributed by atoms with Gasteiger partial charge >= 0.3 is 0 Å². The van der Waals surface area contributed by atoms with E-state index >= 15 is 0 Å². The number of hydrogen-bond donors (Lipinski definition) is 2. The molecule has 0 aromatic carbocycles. The van der Waals surface area contributed by atoms with E-state index in [1.165, 1.54) is 0 Å². The van der Waals surface area contributed by atoms with Crippen LogP contribution in [0.25, 0.3) is 0 Å². The van der Waals surface area contributed by atoms with E-state index in [4.69, 9.17) is 15.6 Å². The maximum Gasteiger partial charge on any atom is 0.0651 e. The number of aliphatic hydroxyl groups is 1. The van der Waals surface area contributed by atoms with Gasteiger partial charge in [0.15, 0.2) is 0 Å². The Hall–Kier alpha value is -0.120. The first-order valence-corrected chi connectivity index (χ1v) is 4.00. The largest absolute Gasteiger partial charge is 0.393 e. The van der Waals surface area contributed by atoms with Crippen LogP contribution in [0.3, 0.4) is 0 Å². The lowest BCUT2D eigenvalue weighted by molar-refractivity contribution is -0.0425. The maximum atomic E-state index is 9.08. The van der Waals surface area contributed by atoms with Crippen LogP contribution in [0.1, 0.15) is 27.2 Å². The Labute approximate surface area is 68.5 Å². The smallest absolute Gasteiger partial charge is 0.0651 e. The lowest BCUT2D eigenvalue weighted by Gasteiger charge is -2.26. The molecule has 3 N–H and O–H groups in total. The van der Waals surface area contributed by atoms with Crippen molar-refractivity contribution in [1.29, 1.82) is 0 Å². The summed E-state index contributed by atoms with van der Waals surface area (Å²) in [4.78, 5) is 0. The minimum atomic E-state index is -0.317. The number of nitrogens with two attached hydrogens (primary N) is 1. The molecule has 0 heterocycles. The second kappa shape index (κ2) is 4.70. The van der Waals surface area contributed by atoms with Gasteiger partial charge in [0.1, 0.15) is 0 Å². The highest BCUT2D eigenvalue weighted by Crippen LogP contribution is 2.15. The molecule has 0 radical (unpaired) electrons. The van der Waals surface area contributed by atoms with Crippen LogP contribution in [0.2, 0.25) is 0 Å². The lowest BCUT2D eigenvalue weighted by atomic mass is 10.0. The van der Waals surface area contributed by atoms with Gasteiger partial charge in [-0.05, 0) is 20.8 Å². The van der Waals surface area contributed by atoms with Crippen molar-refractivity contribution in [3.63, 3.8) is 0 Å². The van der Waals surface area contributed by atoms with Crippen molar-refractivity contribution >= 4 is 0 Å². The zero-order chi connectivity index (χ0) is 8.91. The first-order chi connectivity index (χ1) is 4.98. The molecule has 1 atom stereocenters. The first kappa shape index (κ1) is 10.9. The Bertz CT molecular complexity index is 102. The quantitative estimate of drug-likeness (QED) is 0.617. The average molecular weight is 161 g/mol. The Morgan fingerprint density at radius 3 is 2.45 bits per heavy atom. The molecule has 3 nitrogen and oxygen atoms in total. The summed E-state index contributed by atoms with van der Waals surface area (Å²) in [5.41, 5.74) is 5.02. The van der Waals surface area contributed by atoms with Crippen LogP contribution >= 0.6 is 0 Å². The average Bonchev–Trinajstić information content (AvgIpc) is 1.81. The highest BCUT2D eigenvalue weighted by Gasteiger charge is 2.19. The molecule has 0 amide bonds. The first-order valence-electron chi connectivity index (χ1n) is 4.00. The SMILES string of the molecule is CC(O)CC(C)(C)OCCN. The van der Waals surface area contributed by atoms with Crippen LogP contribution in [0, 0.1) is 0 Å². The molecule has 0 aliphatic rings. The fourth-order valence-corrected chi connectivity index (χ4v) is 1.11. The molecule has 0 aromatic heterocycles. The van der Waals surface area contributed by atoms with Gasteiger partial charge in [0, 0.05) is 13.0 Å². The van der Waals surface area contributed by atoms with Crippen molar-refractivity contribution in [2.45, 2.75) is 38.9 Å². The van der Waals surface area contributed by atoms with Crippen molar-refractivity contribution in [2.24, 2.45) is 5.73 Å². The molecule has 0 aromatic rings. The third-order valence-corrected chi connectivity index (χ3v) is 1.40. The molecule has 3 heteroatoms. The minimum Gasteiger partial charge on any atom is -0.393 e. The standard InChI is InChI=1S/C8H19NO2/c1-7(10)6-8(2,3)11-5-4-9/h7,10H,4-6,9H2,1-3H3. The van der Waals surface area contributed by atoms with Crippen molar-refractivity contribution in [3.8, 4) is 0 Å². The fraction of sp³-hybridized carbons (Fsp3) is 1.00. The highest BCUT2D eigenvalue weighted by molar-refractivity contribution is 4.71. The summed E-state index contributed by atoms with van der Waals surface area (Å²) >= 11 is 0. The summed E-state index contributed by atoms with van der Waals surface area (Å²) in [7, 11) is 0. The van der Waals surface area contributed by atoms with Crippen molar-refractivity contribution < 1.29 is 9.84 Å². The predicted molar refractivity (Wildman–Crippen MR) is 45.4 cm³/mol. The minimum absolute atomic E-state index is 0.256. The molecule has 11 heavy (non-hydrogen) atoms. The molecule has 0 bridgehead atoms. The predicted octanol–water partition coefficient (Wildman–Crippen LogP) is 0.511. The van der Waals surface area contributed by atoms with Crippen molar-refractivity contribution in [2.75, 3.05) is 13.2 Å². The zero-order valence-corrected chi connectivity index (χ0v) is 7.63. The van der Waals surface area contributed by atoms with Crippen LogP contribution in [0.5, 0.6) is 0 Å². The Balaban J connectivity index is 3.61. The van der Waals surface area contributed by atoms with Gasteiger partial charge in [-0.25, -0.2) is 0 Å². The van der Waals surface area contributed by atoms with Gasteiger partial charge in [-0.3, -0.25) is 0 Å². The molecule has 0 fully saturated rings. The lowest BCUT2D eigenvalue weighted by Crippen LogP contribution is -2.31. The summed E-state index contributed by atoms with van der Waals surface area (Å²) in [6.07, 6.45) is 0.329. The summed E-state index contributed by atoms with van der Waals surface area (Å²) in [5, 5.41) is 9.08. The third-order valence-electron chi connectivity index (χ3n) is 1.40. The highest BCUT2D eigenvalue weighted by atomic mass is 16.5. The summed E-state index contributed by atoms with van der Waals surface area (Å²) < 4.78 is 5.40. The third kappa shape index (κ3) is 6.28. The van der Waals surface area contributed by atoms with Gasteiger partial charge in [-0.2, -0.15) is 0 Å². The van der Waals surface area contributed by atoms with Gasteiger partial charge in [0.05, 0.1) is 18.3 Å². The topological polar surface area (TPSA) is 55.5 Å². The number of hydrogen-bond acceptors (Lipinski definition) is 3. The molecule has 1 unspecified atom stereocenters. The summed E-state index contributed by atoms with van der Waals surface area (Å²) in [5.74, 6) is 0. The Morgan fingerprint density at radius 2 is 2.09 bits per heavy atom. The number of rotatable bonds is 5. The molecule has 0 saturated carbocycles. The van der Waals surface area contributed by atoms with E-state index in [9.17, 15) is 0 Å². The molecule has 0 spiro atoms. The molecular weight excluding hydrogens is 142 g/mol. The van der Waals surface area contributed by atoms with E-state index in [0.29, 0.717) is 19.6 Å². The molecule has 0 saturated heterocycles. The van der Waals surface area contributed by atoms with Crippen LogP contribution in [0.4, 0.5) is 0 Å². The molecular formula is C8H19NO2. The van der Waals surface area contributed by atoms with E-state index in [2.05, 4.69) is 0 Å². The van der Waals surface area contributed by atoms with Gasteiger partial charge < -0.3 is 15.6 Å². The van der Waals surface area contributed by atoms with Crippen LogP contribution in [0.15, 0.2) is 0 Å². The van der Waals surface area contributed by atoms with Gasteiger partial charge in [-0.1, -0.05) is 0 Å². The van der Waals surface area contributed by atoms with Crippen molar-refractivity contribution in [1.82, 2.24) is 0 Å². The number of aliphatic hydroxyl groups excluding tert-OH is 1. The monoisotopic (exact) mass is 161 g/mol. The summed E-state index contributed by atoms with van der Waals surface area (Å²) in [6.45, 7) is 6.75. The molecule has 0 rings (SSSR count). The van der Waals surface area contributed by atoms with E-state index < -0.39 is 0 Å². The van der Waals surface area contributed by atoms with E-state index in [0.717, 1.165) is 0 Å². The van der Waals surface area contributed by atoms with E-state index in [1.807, 2.05) is 13.8 Å². The Kier molecular flexibility index (Phi) is 4.65. The van der Waals surface area contributed by atoms with Gasteiger partial charge in [0.25, 0.3) is 0 Å². The number of ether oxygens (including phenoxy) is 1. The van der Waals surface area contributed by atoms with E-state index in [1.54, 1.807) is 6.92 Å². The maximum absolute atomic E-state index is 9.08. The molecule has 0 aliphatic carbocycles. The second-order valence-corrected chi connectivity index (χ2v) is 3.45. The normalized spacial score (nSPS) is 15.0. The second-order valence-electron chi connectivity index (χ2n) is 3.45. The molecule has 0 aliphatic heterocycles. The van der Waals surface area contributed by atoms with Gasteiger partial charge in [0.2, 0.25) is 0 Å². The zero-order valence-electron chi connectivity index (χ0n) is 7.63. The van der Waals surface area contributed by atoms with Crippen LogP contribution in [-0.2, 0) is 4.74 Å². The van der Waals surface area contributed by atoms with Crippen LogP contribution in [-0.4, -0.2) is 30.0 Å². The van der Waals surface area contributed by atoms with E-state index in [-0.39, 0.29) is 11.7 Å². The molecule has 68 valence electrons. The Morgan fingerprint density at radius 1 is 1.55 bits per heavy atom.